The van der Waals surface area contributed by atoms with Crippen molar-refractivity contribution in [3.63, 3.8) is 0 Å². The lowest BCUT2D eigenvalue weighted by Gasteiger charge is -2.26. The first-order valence-corrected chi connectivity index (χ1v) is 10.1. The standard InChI is InChI=1S/C20H18N2O6S/c1-12(23)22-15(11-29-19(22)16-7-4-9-27-16)20(26)28-10-8-21-17(24)13-5-2-3-6-14(13)18(21)25/h2-7,9,15,19H,8,10-11H2,1H3/t15-,19+/m1/s1. The molecule has 0 spiro atoms. The van der Waals surface area contributed by atoms with E-state index in [2.05, 4.69) is 0 Å². The molecular formula is C20H18N2O6S. The number of benzene rings is 1. The van der Waals surface area contributed by atoms with Crippen LogP contribution < -0.4 is 0 Å². The van der Waals surface area contributed by atoms with Gasteiger partial charge in [-0.05, 0) is 24.3 Å². The zero-order valence-electron chi connectivity index (χ0n) is 15.6. The van der Waals surface area contributed by atoms with Gasteiger partial charge in [-0.1, -0.05) is 12.1 Å². The number of imide groups is 1. The molecule has 9 heteroatoms. The minimum atomic E-state index is -0.755. The average Bonchev–Trinajstić information content (AvgIpc) is 3.43. The molecule has 3 heterocycles. The van der Waals surface area contributed by atoms with Crippen LogP contribution in [0.3, 0.4) is 0 Å². The third kappa shape index (κ3) is 3.42. The molecule has 29 heavy (non-hydrogen) atoms. The summed E-state index contributed by atoms with van der Waals surface area (Å²) in [7, 11) is 0. The van der Waals surface area contributed by atoms with Crippen molar-refractivity contribution in [3.8, 4) is 0 Å². The van der Waals surface area contributed by atoms with Gasteiger partial charge in [0.2, 0.25) is 5.91 Å². The van der Waals surface area contributed by atoms with E-state index in [-0.39, 0.29) is 19.1 Å². The molecule has 0 aliphatic carbocycles. The van der Waals surface area contributed by atoms with Gasteiger partial charge in [-0.15, -0.1) is 11.8 Å². The van der Waals surface area contributed by atoms with Crippen LogP contribution in [0.4, 0.5) is 0 Å². The predicted octanol–water partition coefficient (Wildman–Crippen LogP) is 2.08. The smallest absolute Gasteiger partial charge is 0.329 e. The number of nitrogens with zero attached hydrogens (tertiary/aromatic N) is 2. The topological polar surface area (TPSA) is 97.1 Å². The molecule has 2 aromatic rings. The lowest BCUT2D eigenvalue weighted by molar-refractivity contribution is -0.153. The first kappa shape index (κ1) is 19.3. The van der Waals surface area contributed by atoms with Crippen LogP contribution in [0.1, 0.15) is 38.8 Å². The summed E-state index contributed by atoms with van der Waals surface area (Å²) in [5.41, 5.74) is 0.695. The number of rotatable bonds is 5. The summed E-state index contributed by atoms with van der Waals surface area (Å²) < 4.78 is 10.7. The maximum absolute atomic E-state index is 12.6. The number of amides is 3. The fourth-order valence-corrected chi connectivity index (χ4v) is 4.92. The van der Waals surface area contributed by atoms with Crippen molar-refractivity contribution in [3.05, 3.63) is 59.5 Å². The Morgan fingerprint density at radius 2 is 1.83 bits per heavy atom. The molecule has 0 unspecified atom stereocenters. The maximum Gasteiger partial charge on any atom is 0.329 e. The Morgan fingerprint density at radius 1 is 1.14 bits per heavy atom. The Kier molecular flexibility index (Phi) is 5.14. The van der Waals surface area contributed by atoms with E-state index in [0.717, 1.165) is 4.90 Å². The van der Waals surface area contributed by atoms with Gasteiger partial charge in [-0.25, -0.2) is 4.79 Å². The van der Waals surface area contributed by atoms with Crippen LogP contribution in [0.15, 0.2) is 47.1 Å². The van der Waals surface area contributed by atoms with E-state index in [1.807, 2.05) is 0 Å². The SMILES string of the molecule is CC(=O)N1[C@@H](C(=O)OCCN2C(=O)c3ccccc3C2=O)CS[C@H]1c1ccco1. The van der Waals surface area contributed by atoms with E-state index in [9.17, 15) is 19.2 Å². The van der Waals surface area contributed by atoms with Gasteiger partial charge in [-0.3, -0.25) is 19.3 Å². The number of hydrogen-bond donors (Lipinski definition) is 0. The second-order valence-electron chi connectivity index (χ2n) is 6.62. The van der Waals surface area contributed by atoms with E-state index in [4.69, 9.17) is 9.15 Å². The highest BCUT2D eigenvalue weighted by atomic mass is 32.2. The molecule has 3 amide bonds. The van der Waals surface area contributed by atoms with Crippen LogP contribution >= 0.6 is 11.8 Å². The summed E-state index contributed by atoms with van der Waals surface area (Å²) in [5.74, 6) is -0.678. The third-order valence-corrected chi connectivity index (χ3v) is 6.14. The maximum atomic E-state index is 12.6. The van der Waals surface area contributed by atoms with E-state index in [1.165, 1.54) is 29.8 Å². The number of thioether (sulfide) groups is 1. The lowest BCUT2D eigenvalue weighted by Crippen LogP contribution is -2.43. The van der Waals surface area contributed by atoms with Crippen molar-refractivity contribution in [2.24, 2.45) is 0 Å². The monoisotopic (exact) mass is 414 g/mol. The molecule has 4 rings (SSSR count). The Bertz CT molecular complexity index is 938. The minimum absolute atomic E-state index is 0.0420. The van der Waals surface area contributed by atoms with Crippen molar-refractivity contribution in [2.45, 2.75) is 18.3 Å². The van der Waals surface area contributed by atoms with E-state index >= 15 is 0 Å². The van der Waals surface area contributed by atoms with E-state index in [1.54, 1.807) is 36.4 Å². The summed E-state index contributed by atoms with van der Waals surface area (Å²) in [5, 5.41) is -0.392. The quantitative estimate of drug-likeness (QED) is 0.546. The van der Waals surface area contributed by atoms with Gasteiger partial charge in [0.15, 0.2) is 0 Å². The van der Waals surface area contributed by atoms with E-state index in [0.29, 0.717) is 22.6 Å². The Hall–Kier alpha value is -3.07. The number of furan rings is 1. The average molecular weight is 414 g/mol. The zero-order chi connectivity index (χ0) is 20.5. The van der Waals surface area contributed by atoms with Crippen LogP contribution in [0.25, 0.3) is 0 Å². The summed E-state index contributed by atoms with van der Waals surface area (Å²) in [4.78, 5) is 51.9. The second kappa shape index (κ2) is 7.75. The normalized spacial score (nSPS) is 20.9. The van der Waals surface area contributed by atoms with Crippen molar-refractivity contribution in [1.29, 1.82) is 0 Å². The number of fused-ring (bicyclic) bond motifs is 1. The highest BCUT2D eigenvalue weighted by Crippen LogP contribution is 2.41. The highest BCUT2D eigenvalue weighted by Gasteiger charge is 2.43. The molecule has 2 atom stereocenters. The van der Waals surface area contributed by atoms with Gasteiger partial charge >= 0.3 is 5.97 Å². The van der Waals surface area contributed by atoms with Crippen LogP contribution in [-0.2, 0) is 14.3 Å². The molecule has 0 N–H and O–H groups in total. The Balaban J connectivity index is 1.37. The molecule has 1 aromatic heterocycles. The fraction of sp³-hybridized carbons (Fsp3) is 0.300. The number of hydrogen-bond acceptors (Lipinski definition) is 7. The molecule has 1 aromatic carbocycles. The van der Waals surface area contributed by atoms with Gasteiger partial charge < -0.3 is 14.1 Å². The van der Waals surface area contributed by atoms with Crippen LogP contribution in [0.5, 0.6) is 0 Å². The molecule has 150 valence electrons. The van der Waals surface area contributed by atoms with Crippen molar-refractivity contribution >= 4 is 35.5 Å². The molecule has 2 aliphatic rings. The molecule has 1 fully saturated rings. The minimum Gasteiger partial charge on any atom is -0.466 e. The summed E-state index contributed by atoms with van der Waals surface area (Å²) in [6.07, 6.45) is 1.52. The van der Waals surface area contributed by atoms with Gasteiger partial charge in [0.05, 0.1) is 23.9 Å². The molecule has 0 radical (unpaired) electrons. The molecule has 1 saturated heterocycles. The fourth-order valence-electron chi connectivity index (χ4n) is 3.50. The number of esters is 1. The summed E-state index contributed by atoms with van der Waals surface area (Å²) >= 11 is 1.42. The summed E-state index contributed by atoms with van der Waals surface area (Å²) in [6.45, 7) is 1.21. The number of carbonyl (C=O) groups excluding carboxylic acids is 4. The third-order valence-electron chi connectivity index (χ3n) is 4.86. The molecular weight excluding hydrogens is 396 g/mol. The van der Waals surface area contributed by atoms with Gasteiger partial charge in [0, 0.05) is 12.7 Å². The molecule has 0 saturated carbocycles. The Morgan fingerprint density at radius 3 is 2.41 bits per heavy atom. The van der Waals surface area contributed by atoms with Gasteiger partial charge in [0.25, 0.3) is 11.8 Å². The van der Waals surface area contributed by atoms with Crippen molar-refractivity contribution in [1.82, 2.24) is 9.80 Å². The Labute approximate surface area is 170 Å². The number of carbonyl (C=O) groups is 4. The first-order valence-electron chi connectivity index (χ1n) is 9.05. The van der Waals surface area contributed by atoms with Crippen LogP contribution in [0, 0.1) is 0 Å². The van der Waals surface area contributed by atoms with Crippen molar-refractivity contribution < 1.29 is 28.3 Å². The summed E-state index contributed by atoms with van der Waals surface area (Å²) in [6, 6.07) is 9.29. The number of ether oxygens (including phenoxy) is 1. The van der Waals surface area contributed by atoms with Crippen LogP contribution in [-0.4, -0.2) is 58.4 Å². The van der Waals surface area contributed by atoms with Crippen LogP contribution in [0.2, 0.25) is 0 Å². The lowest BCUT2D eigenvalue weighted by atomic mass is 10.1. The highest BCUT2D eigenvalue weighted by molar-refractivity contribution is 7.99. The van der Waals surface area contributed by atoms with Crippen molar-refractivity contribution in [2.75, 3.05) is 18.9 Å². The second-order valence-corrected chi connectivity index (χ2v) is 7.73. The first-order chi connectivity index (χ1) is 14.0. The molecule has 8 nitrogen and oxygen atoms in total. The van der Waals surface area contributed by atoms with Gasteiger partial charge in [0.1, 0.15) is 23.8 Å². The zero-order valence-corrected chi connectivity index (χ0v) is 16.4. The molecule has 2 aliphatic heterocycles. The predicted molar refractivity (Wildman–Crippen MR) is 103 cm³/mol. The van der Waals surface area contributed by atoms with Gasteiger partial charge in [-0.2, -0.15) is 0 Å². The van der Waals surface area contributed by atoms with E-state index < -0.39 is 29.2 Å². The molecule has 0 bridgehead atoms. The largest absolute Gasteiger partial charge is 0.466 e.